The van der Waals surface area contributed by atoms with Gasteiger partial charge in [-0.2, -0.15) is 0 Å². The Morgan fingerprint density at radius 2 is 2.00 bits per heavy atom. The maximum Gasteiger partial charge on any atom is 0.222 e. The van der Waals surface area contributed by atoms with E-state index in [0.717, 1.165) is 37.6 Å². The van der Waals surface area contributed by atoms with Crippen LogP contribution < -0.4 is 14.8 Å². The molecule has 1 amide bonds. The predicted molar refractivity (Wildman–Crippen MR) is 135 cm³/mol. The Labute approximate surface area is 213 Å². The van der Waals surface area contributed by atoms with E-state index in [2.05, 4.69) is 15.3 Å². The van der Waals surface area contributed by atoms with Gasteiger partial charge in [-0.15, -0.1) is 0 Å². The SMILES string of the molecule is O=C1CCCCN1CCOc1cc2ncnc(Nc3ccc(F)c(Cl)c3)c2cc1OC1CCOCC1. The number of carbonyl (C=O) groups excluding carboxylic acids is 1. The summed E-state index contributed by atoms with van der Waals surface area (Å²) < 4.78 is 31.6. The first-order valence-corrected chi connectivity index (χ1v) is 12.6. The summed E-state index contributed by atoms with van der Waals surface area (Å²) in [5, 5.41) is 3.93. The molecule has 36 heavy (non-hydrogen) atoms. The second kappa shape index (κ2) is 11.3. The Kier molecular flexibility index (Phi) is 7.67. The topological polar surface area (TPSA) is 85.8 Å². The number of anilines is 2. The summed E-state index contributed by atoms with van der Waals surface area (Å²) in [6, 6.07) is 8.08. The third-order valence-corrected chi connectivity index (χ3v) is 6.67. The number of hydrogen-bond acceptors (Lipinski definition) is 7. The van der Waals surface area contributed by atoms with E-state index in [0.29, 0.717) is 61.3 Å². The Morgan fingerprint density at radius 1 is 1.14 bits per heavy atom. The Bertz CT molecular complexity index is 1240. The van der Waals surface area contributed by atoms with Crippen molar-refractivity contribution in [2.75, 3.05) is 38.2 Å². The zero-order valence-corrected chi connectivity index (χ0v) is 20.6. The van der Waals surface area contributed by atoms with E-state index in [-0.39, 0.29) is 17.0 Å². The fraction of sp³-hybridized carbons (Fsp3) is 0.423. The molecule has 2 aliphatic rings. The van der Waals surface area contributed by atoms with Crippen molar-refractivity contribution < 1.29 is 23.4 Å². The smallest absolute Gasteiger partial charge is 0.222 e. The highest BCUT2D eigenvalue weighted by molar-refractivity contribution is 6.31. The normalized spacial score (nSPS) is 16.8. The summed E-state index contributed by atoms with van der Waals surface area (Å²) in [4.78, 5) is 22.8. The summed E-state index contributed by atoms with van der Waals surface area (Å²) >= 11 is 5.95. The van der Waals surface area contributed by atoms with Gasteiger partial charge in [0.2, 0.25) is 5.91 Å². The van der Waals surface area contributed by atoms with Crippen LogP contribution in [-0.2, 0) is 9.53 Å². The molecule has 8 nitrogen and oxygen atoms in total. The van der Waals surface area contributed by atoms with Crippen LogP contribution in [0.1, 0.15) is 32.1 Å². The van der Waals surface area contributed by atoms with Crippen LogP contribution in [-0.4, -0.2) is 59.8 Å². The van der Waals surface area contributed by atoms with Crippen LogP contribution in [0.15, 0.2) is 36.7 Å². The number of ether oxygens (including phenoxy) is 3. The Morgan fingerprint density at radius 3 is 2.81 bits per heavy atom. The molecule has 2 fully saturated rings. The van der Waals surface area contributed by atoms with Gasteiger partial charge in [-0.25, -0.2) is 14.4 Å². The number of nitrogens with one attached hydrogen (secondary N) is 1. The van der Waals surface area contributed by atoms with Gasteiger partial charge in [-0.05, 0) is 37.1 Å². The fourth-order valence-corrected chi connectivity index (χ4v) is 4.60. The van der Waals surface area contributed by atoms with Crippen LogP contribution in [0.2, 0.25) is 5.02 Å². The Balaban J connectivity index is 1.41. The maximum absolute atomic E-state index is 13.6. The molecular formula is C26H28ClFN4O4. The molecule has 3 aromatic rings. The minimum absolute atomic E-state index is 0.000771. The van der Waals surface area contributed by atoms with Crippen LogP contribution in [0.25, 0.3) is 10.9 Å². The van der Waals surface area contributed by atoms with E-state index in [1.54, 1.807) is 6.07 Å². The molecule has 1 N–H and O–H groups in total. The molecule has 0 bridgehead atoms. The summed E-state index contributed by atoms with van der Waals surface area (Å²) in [5.74, 6) is 1.36. The maximum atomic E-state index is 13.6. The molecule has 0 aliphatic carbocycles. The van der Waals surface area contributed by atoms with Crippen LogP contribution in [0.4, 0.5) is 15.9 Å². The number of fused-ring (bicyclic) bond motifs is 1. The van der Waals surface area contributed by atoms with E-state index in [4.69, 9.17) is 25.8 Å². The molecule has 0 atom stereocenters. The number of halogens is 2. The number of piperidine rings is 1. The lowest BCUT2D eigenvalue weighted by atomic mass is 10.1. The molecule has 3 heterocycles. The highest BCUT2D eigenvalue weighted by atomic mass is 35.5. The van der Waals surface area contributed by atoms with Gasteiger partial charge in [-0.3, -0.25) is 4.79 Å². The van der Waals surface area contributed by atoms with Crippen LogP contribution in [0.5, 0.6) is 11.5 Å². The molecule has 0 radical (unpaired) electrons. The first-order chi connectivity index (χ1) is 17.6. The van der Waals surface area contributed by atoms with E-state index in [1.807, 2.05) is 17.0 Å². The standard InChI is InChI=1S/C26H28ClFN4O4/c27-20-13-17(4-5-21(20)28)31-26-19-14-24(36-18-6-10-34-11-7-18)23(15-22(19)29-16-30-26)35-12-9-32-8-2-1-3-25(32)33/h4-5,13-16,18H,1-3,6-12H2,(H,29,30,31). The largest absolute Gasteiger partial charge is 0.488 e. The van der Waals surface area contributed by atoms with Crippen molar-refractivity contribution in [3.8, 4) is 11.5 Å². The van der Waals surface area contributed by atoms with Gasteiger partial charge >= 0.3 is 0 Å². The van der Waals surface area contributed by atoms with E-state index < -0.39 is 5.82 Å². The van der Waals surface area contributed by atoms with E-state index in [1.165, 1.54) is 18.5 Å². The van der Waals surface area contributed by atoms with Crippen molar-refractivity contribution >= 4 is 39.9 Å². The lowest BCUT2D eigenvalue weighted by Crippen LogP contribution is -2.38. The molecule has 0 spiro atoms. The average molecular weight is 515 g/mol. The minimum atomic E-state index is -0.491. The summed E-state index contributed by atoms with van der Waals surface area (Å²) in [6.07, 6.45) is 5.58. The molecule has 10 heteroatoms. The molecule has 2 saturated heterocycles. The van der Waals surface area contributed by atoms with Crippen molar-refractivity contribution in [3.63, 3.8) is 0 Å². The summed E-state index contributed by atoms with van der Waals surface area (Å²) in [7, 11) is 0. The molecule has 2 aliphatic heterocycles. The number of aromatic nitrogens is 2. The number of rotatable bonds is 8. The zero-order valence-electron chi connectivity index (χ0n) is 19.8. The molecule has 5 rings (SSSR count). The lowest BCUT2D eigenvalue weighted by Gasteiger charge is -2.27. The second-order valence-corrected chi connectivity index (χ2v) is 9.32. The summed E-state index contributed by atoms with van der Waals surface area (Å²) in [5.41, 5.74) is 1.25. The summed E-state index contributed by atoms with van der Waals surface area (Å²) in [6.45, 7) is 2.93. The molecule has 0 saturated carbocycles. The van der Waals surface area contributed by atoms with Crippen LogP contribution >= 0.6 is 11.6 Å². The van der Waals surface area contributed by atoms with Crippen molar-refractivity contribution in [1.29, 1.82) is 0 Å². The van der Waals surface area contributed by atoms with Gasteiger partial charge in [0, 0.05) is 42.9 Å². The van der Waals surface area contributed by atoms with Crippen LogP contribution in [0, 0.1) is 5.82 Å². The molecule has 2 aromatic carbocycles. The monoisotopic (exact) mass is 514 g/mol. The van der Waals surface area contributed by atoms with Gasteiger partial charge in [-0.1, -0.05) is 11.6 Å². The lowest BCUT2D eigenvalue weighted by molar-refractivity contribution is -0.133. The van der Waals surface area contributed by atoms with Gasteiger partial charge in [0.1, 0.15) is 30.7 Å². The quantitative estimate of drug-likeness (QED) is 0.446. The van der Waals surface area contributed by atoms with Crippen LogP contribution in [0.3, 0.4) is 0 Å². The molecular weight excluding hydrogens is 487 g/mol. The number of carbonyl (C=O) groups is 1. The third kappa shape index (κ3) is 5.79. The van der Waals surface area contributed by atoms with E-state index in [9.17, 15) is 9.18 Å². The number of amides is 1. The fourth-order valence-electron chi connectivity index (χ4n) is 4.42. The number of likely N-dealkylation sites (tertiary alicyclic amines) is 1. The Hall–Kier alpha value is -3.17. The average Bonchev–Trinajstić information content (AvgIpc) is 2.88. The first kappa shape index (κ1) is 24.5. The van der Waals surface area contributed by atoms with Gasteiger partial charge < -0.3 is 24.4 Å². The first-order valence-electron chi connectivity index (χ1n) is 12.2. The predicted octanol–water partition coefficient (Wildman–Crippen LogP) is 5.12. The molecule has 190 valence electrons. The van der Waals surface area contributed by atoms with E-state index >= 15 is 0 Å². The molecule has 1 aromatic heterocycles. The highest BCUT2D eigenvalue weighted by Crippen LogP contribution is 2.36. The third-order valence-electron chi connectivity index (χ3n) is 6.39. The van der Waals surface area contributed by atoms with Gasteiger partial charge in [0.05, 0.1) is 30.3 Å². The number of hydrogen-bond donors (Lipinski definition) is 1. The van der Waals surface area contributed by atoms with Crippen molar-refractivity contribution in [3.05, 3.63) is 47.5 Å². The molecule has 0 unspecified atom stereocenters. The van der Waals surface area contributed by atoms with Crippen molar-refractivity contribution in [1.82, 2.24) is 14.9 Å². The van der Waals surface area contributed by atoms with Crippen molar-refractivity contribution in [2.24, 2.45) is 0 Å². The number of benzene rings is 2. The minimum Gasteiger partial charge on any atom is -0.488 e. The van der Waals surface area contributed by atoms with Gasteiger partial charge in [0.25, 0.3) is 0 Å². The van der Waals surface area contributed by atoms with Gasteiger partial charge in [0.15, 0.2) is 11.5 Å². The second-order valence-electron chi connectivity index (χ2n) is 8.91. The highest BCUT2D eigenvalue weighted by Gasteiger charge is 2.21. The zero-order chi connectivity index (χ0) is 24.9. The number of nitrogens with zero attached hydrogens (tertiary/aromatic N) is 3. The van der Waals surface area contributed by atoms with Crippen molar-refractivity contribution in [2.45, 2.75) is 38.2 Å².